The third-order valence-electron chi connectivity index (χ3n) is 4.81. The molecule has 1 amide bonds. The van der Waals surface area contributed by atoms with Gasteiger partial charge in [0.25, 0.3) is 0 Å². The summed E-state index contributed by atoms with van der Waals surface area (Å²) < 4.78 is 0. The number of nitrogens with zero attached hydrogens (tertiary/aromatic N) is 1. The number of carbonyl (C=O) groups excluding carboxylic acids is 1. The van der Waals surface area contributed by atoms with Crippen LogP contribution in [-0.2, 0) is 4.79 Å². The predicted octanol–water partition coefficient (Wildman–Crippen LogP) is 1.90. The number of rotatable bonds is 5. The van der Waals surface area contributed by atoms with Gasteiger partial charge >= 0.3 is 0 Å². The monoisotopic (exact) mass is 281 g/mol. The summed E-state index contributed by atoms with van der Waals surface area (Å²) in [6.07, 6.45) is 11.4. The van der Waals surface area contributed by atoms with Crippen molar-refractivity contribution in [1.82, 2.24) is 15.5 Å². The number of likely N-dealkylation sites (tertiary alicyclic amines) is 1. The minimum absolute atomic E-state index is 0.176. The van der Waals surface area contributed by atoms with E-state index in [1.807, 2.05) is 0 Å². The van der Waals surface area contributed by atoms with Crippen molar-refractivity contribution >= 4 is 5.91 Å². The zero-order chi connectivity index (χ0) is 14.2. The molecule has 0 spiro atoms. The molecule has 0 aromatic carbocycles. The van der Waals surface area contributed by atoms with Crippen LogP contribution in [0.2, 0.25) is 0 Å². The molecule has 1 aliphatic heterocycles. The molecule has 1 aliphatic carbocycles. The van der Waals surface area contributed by atoms with Gasteiger partial charge in [0, 0.05) is 18.6 Å². The smallest absolute Gasteiger partial charge is 0.234 e. The van der Waals surface area contributed by atoms with Crippen molar-refractivity contribution in [2.45, 2.75) is 69.9 Å². The summed E-state index contributed by atoms with van der Waals surface area (Å²) in [5.74, 6) is 0.176. The molecule has 0 bridgehead atoms. The second-order valence-corrected chi connectivity index (χ2v) is 6.52. The first-order valence-electron chi connectivity index (χ1n) is 8.46. The number of likely N-dealkylation sites (N-methyl/N-ethyl adjacent to an activating group) is 1. The van der Waals surface area contributed by atoms with E-state index in [2.05, 4.69) is 22.6 Å². The van der Waals surface area contributed by atoms with E-state index in [0.29, 0.717) is 18.6 Å². The number of piperidine rings is 1. The first kappa shape index (κ1) is 15.8. The van der Waals surface area contributed by atoms with Gasteiger partial charge in [0.1, 0.15) is 0 Å². The van der Waals surface area contributed by atoms with E-state index in [1.165, 1.54) is 51.5 Å². The molecule has 1 heterocycles. The van der Waals surface area contributed by atoms with Gasteiger partial charge in [-0.25, -0.2) is 0 Å². The molecule has 1 unspecified atom stereocenters. The highest BCUT2D eigenvalue weighted by Crippen LogP contribution is 2.17. The SMILES string of the molecule is CN1CCCCC1CNCC(=O)NC1CCCCCC1. The highest BCUT2D eigenvalue weighted by Gasteiger charge is 2.19. The second-order valence-electron chi connectivity index (χ2n) is 6.52. The van der Waals surface area contributed by atoms with Crippen molar-refractivity contribution in [2.24, 2.45) is 0 Å². The summed E-state index contributed by atoms with van der Waals surface area (Å²) in [7, 11) is 2.19. The molecule has 0 aromatic heterocycles. The quantitative estimate of drug-likeness (QED) is 0.757. The number of amides is 1. The van der Waals surface area contributed by atoms with Crippen molar-refractivity contribution < 1.29 is 4.79 Å². The van der Waals surface area contributed by atoms with E-state index >= 15 is 0 Å². The molecular weight excluding hydrogens is 250 g/mol. The van der Waals surface area contributed by atoms with Crippen LogP contribution in [0.15, 0.2) is 0 Å². The fraction of sp³-hybridized carbons (Fsp3) is 0.938. The maximum absolute atomic E-state index is 12.0. The van der Waals surface area contributed by atoms with Crippen molar-refractivity contribution in [3.05, 3.63) is 0 Å². The highest BCUT2D eigenvalue weighted by molar-refractivity contribution is 5.78. The van der Waals surface area contributed by atoms with Crippen LogP contribution in [0, 0.1) is 0 Å². The lowest BCUT2D eigenvalue weighted by atomic mass is 10.0. The molecule has 0 aromatic rings. The van der Waals surface area contributed by atoms with Gasteiger partial charge in [-0.15, -0.1) is 0 Å². The minimum Gasteiger partial charge on any atom is -0.352 e. The Hall–Kier alpha value is -0.610. The van der Waals surface area contributed by atoms with Crippen LogP contribution in [0.1, 0.15) is 57.8 Å². The summed E-state index contributed by atoms with van der Waals surface area (Å²) >= 11 is 0. The minimum atomic E-state index is 0.176. The molecule has 1 atom stereocenters. The van der Waals surface area contributed by atoms with Crippen LogP contribution in [0.4, 0.5) is 0 Å². The van der Waals surface area contributed by atoms with Gasteiger partial charge in [0.2, 0.25) is 5.91 Å². The molecule has 20 heavy (non-hydrogen) atoms. The van der Waals surface area contributed by atoms with E-state index < -0.39 is 0 Å². The largest absolute Gasteiger partial charge is 0.352 e. The average Bonchev–Trinajstić information content (AvgIpc) is 2.69. The van der Waals surface area contributed by atoms with E-state index in [-0.39, 0.29) is 5.91 Å². The lowest BCUT2D eigenvalue weighted by Gasteiger charge is -2.32. The summed E-state index contributed by atoms with van der Waals surface area (Å²) in [6.45, 7) is 2.61. The van der Waals surface area contributed by atoms with Gasteiger partial charge in [-0.05, 0) is 39.3 Å². The van der Waals surface area contributed by atoms with E-state index in [0.717, 1.165) is 19.4 Å². The highest BCUT2D eigenvalue weighted by atomic mass is 16.1. The van der Waals surface area contributed by atoms with Gasteiger partial charge in [-0.3, -0.25) is 4.79 Å². The number of nitrogens with one attached hydrogen (secondary N) is 2. The van der Waals surface area contributed by atoms with Gasteiger partial charge in [0.05, 0.1) is 6.54 Å². The van der Waals surface area contributed by atoms with Gasteiger partial charge in [-0.1, -0.05) is 32.1 Å². The summed E-state index contributed by atoms with van der Waals surface area (Å²) in [5, 5.41) is 6.53. The molecular formula is C16H31N3O. The lowest BCUT2D eigenvalue weighted by Crippen LogP contribution is -2.46. The van der Waals surface area contributed by atoms with Crippen LogP contribution in [-0.4, -0.2) is 49.6 Å². The maximum atomic E-state index is 12.0. The third-order valence-corrected chi connectivity index (χ3v) is 4.81. The van der Waals surface area contributed by atoms with Crippen LogP contribution >= 0.6 is 0 Å². The second kappa shape index (κ2) is 8.63. The summed E-state index contributed by atoms with van der Waals surface area (Å²) in [4.78, 5) is 14.4. The van der Waals surface area contributed by atoms with Gasteiger partial charge in [0.15, 0.2) is 0 Å². The maximum Gasteiger partial charge on any atom is 0.234 e. The van der Waals surface area contributed by atoms with Gasteiger partial charge < -0.3 is 15.5 Å². The molecule has 4 heteroatoms. The van der Waals surface area contributed by atoms with Crippen molar-refractivity contribution in [3.63, 3.8) is 0 Å². The number of carbonyl (C=O) groups is 1. The Morgan fingerprint density at radius 3 is 2.45 bits per heavy atom. The Morgan fingerprint density at radius 2 is 1.75 bits per heavy atom. The Balaban J connectivity index is 1.59. The van der Waals surface area contributed by atoms with Crippen LogP contribution in [0.3, 0.4) is 0 Å². The number of hydrogen-bond acceptors (Lipinski definition) is 3. The van der Waals surface area contributed by atoms with Crippen molar-refractivity contribution in [1.29, 1.82) is 0 Å². The first-order chi connectivity index (χ1) is 9.75. The summed E-state index contributed by atoms with van der Waals surface area (Å²) in [5.41, 5.74) is 0. The zero-order valence-corrected chi connectivity index (χ0v) is 13.0. The molecule has 0 radical (unpaired) electrons. The van der Waals surface area contributed by atoms with Crippen LogP contribution in [0.5, 0.6) is 0 Å². The fourth-order valence-electron chi connectivity index (χ4n) is 3.46. The molecule has 2 rings (SSSR count). The van der Waals surface area contributed by atoms with E-state index in [4.69, 9.17) is 0 Å². The molecule has 1 saturated heterocycles. The first-order valence-corrected chi connectivity index (χ1v) is 8.46. The normalized spacial score (nSPS) is 26.1. The molecule has 4 nitrogen and oxygen atoms in total. The Kier molecular flexibility index (Phi) is 6.80. The molecule has 116 valence electrons. The topological polar surface area (TPSA) is 44.4 Å². The van der Waals surface area contributed by atoms with Gasteiger partial charge in [-0.2, -0.15) is 0 Å². The molecule has 2 N–H and O–H groups in total. The Morgan fingerprint density at radius 1 is 1.05 bits per heavy atom. The average molecular weight is 281 g/mol. The molecule has 2 aliphatic rings. The third kappa shape index (κ3) is 5.41. The molecule has 2 fully saturated rings. The Bertz CT molecular complexity index is 287. The van der Waals surface area contributed by atoms with Crippen LogP contribution < -0.4 is 10.6 Å². The fourth-order valence-corrected chi connectivity index (χ4v) is 3.46. The standard InChI is InChI=1S/C16H31N3O/c1-19-11-7-6-10-15(19)12-17-13-16(20)18-14-8-4-2-3-5-9-14/h14-15,17H,2-13H2,1H3,(H,18,20). The Labute approximate surface area is 123 Å². The van der Waals surface area contributed by atoms with E-state index in [1.54, 1.807) is 0 Å². The number of hydrogen-bond donors (Lipinski definition) is 2. The van der Waals surface area contributed by atoms with Crippen molar-refractivity contribution in [3.8, 4) is 0 Å². The lowest BCUT2D eigenvalue weighted by molar-refractivity contribution is -0.121. The molecule has 1 saturated carbocycles. The zero-order valence-electron chi connectivity index (χ0n) is 13.0. The van der Waals surface area contributed by atoms with Crippen LogP contribution in [0.25, 0.3) is 0 Å². The predicted molar refractivity (Wildman–Crippen MR) is 82.8 cm³/mol. The van der Waals surface area contributed by atoms with Crippen molar-refractivity contribution in [2.75, 3.05) is 26.7 Å². The summed E-state index contributed by atoms with van der Waals surface area (Å²) in [6, 6.07) is 1.03. The van der Waals surface area contributed by atoms with E-state index in [9.17, 15) is 4.79 Å².